The van der Waals surface area contributed by atoms with Crippen molar-refractivity contribution in [1.29, 1.82) is 0 Å². The third kappa shape index (κ3) is 2.63. The molecule has 0 radical (unpaired) electrons. The second-order valence-electron chi connectivity index (χ2n) is 4.25. The van der Waals surface area contributed by atoms with Gasteiger partial charge in [-0.25, -0.2) is 8.42 Å². The number of rotatable bonds is 6. The first-order valence-corrected chi connectivity index (χ1v) is 7.21. The largest absolute Gasteiger partial charge is 0.398 e. The van der Waals surface area contributed by atoms with E-state index in [1.807, 2.05) is 0 Å². The highest BCUT2D eigenvalue weighted by atomic mass is 32.2. The molecule has 100 valence electrons. The molecule has 1 aromatic rings. The van der Waals surface area contributed by atoms with E-state index < -0.39 is 10.0 Å². The number of pyridine rings is 1. The van der Waals surface area contributed by atoms with Gasteiger partial charge in [0.05, 0.1) is 12.3 Å². The van der Waals surface area contributed by atoms with E-state index in [1.165, 1.54) is 22.8 Å². The maximum atomic E-state index is 12.5. The number of ether oxygens (including phenoxy) is 1. The van der Waals surface area contributed by atoms with Crippen molar-refractivity contribution in [3.05, 3.63) is 18.5 Å². The van der Waals surface area contributed by atoms with Crippen LogP contribution in [0.15, 0.2) is 23.4 Å². The number of nitrogens with zero attached hydrogens (tertiary/aromatic N) is 2. The maximum absolute atomic E-state index is 12.5. The number of nitrogens with two attached hydrogens (primary N) is 1. The van der Waals surface area contributed by atoms with E-state index in [9.17, 15) is 8.42 Å². The van der Waals surface area contributed by atoms with Gasteiger partial charge in [-0.15, -0.1) is 0 Å². The van der Waals surface area contributed by atoms with E-state index >= 15 is 0 Å². The molecule has 6 nitrogen and oxygen atoms in total. The van der Waals surface area contributed by atoms with Crippen molar-refractivity contribution in [1.82, 2.24) is 9.29 Å². The Hall–Kier alpha value is -1.18. The highest BCUT2D eigenvalue weighted by molar-refractivity contribution is 7.89. The molecule has 1 saturated carbocycles. The quantitative estimate of drug-likeness (QED) is 0.812. The molecule has 0 aliphatic heterocycles. The van der Waals surface area contributed by atoms with Gasteiger partial charge in [0, 0.05) is 32.1 Å². The predicted octanol–water partition coefficient (Wildman–Crippen LogP) is 0.463. The Morgan fingerprint density at radius 2 is 2.28 bits per heavy atom. The minimum atomic E-state index is -3.57. The Kier molecular flexibility index (Phi) is 3.84. The molecule has 0 atom stereocenters. The zero-order chi connectivity index (χ0) is 13.2. The van der Waals surface area contributed by atoms with Crippen molar-refractivity contribution in [3.8, 4) is 0 Å². The lowest BCUT2D eigenvalue weighted by atomic mass is 10.4. The van der Waals surface area contributed by atoms with Crippen LogP contribution in [0.25, 0.3) is 0 Å². The molecule has 1 aliphatic carbocycles. The first-order chi connectivity index (χ1) is 8.57. The lowest BCUT2D eigenvalue weighted by Gasteiger charge is -2.21. The summed E-state index contributed by atoms with van der Waals surface area (Å²) in [6.07, 6.45) is 4.56. The molecule has 2 rings (SSSR count). The van der Waals surface area contributed by atoms with Gasteiger partial charge in [-0.2, -0.15) is 4.31 Å². The third-order valence-electron chi connectivity index (χ3n) is 2.87. The second kappa shape index (κ2) is 5.21. The number of anilines is 1. The molecular weight excluding hydrogens is 254 g/mol. The first kappa shape index (κ1) is 13.3. The van der Waals surface area contributed by atoms with Gasteiger partial charge in [0.25, 0.3) is 0 Å². The van der Waals surface area contributed by atoms with Gasteiger partial charge in [0.1, 0.15) is 4.90 Å². The Morgan fingerprint density at radius 3 is 2.83 bits per heavy atom. The molecule has 0 bridgehead atoms. The topological polar surface area (TPSA) is 85.5 Å². The summed E-state index contributed by atoms with van der Waals surface area (Å²) in [5.74, 6) is 0. The van der Waals surface area contributed by atoms with Crippen LogP contribution in [0.4, 0.5) is 5.69 Å². The van der Waals surface area contributed by atoms with Gasteiger partial charge >= 0.3 is 0 Å². The summed E-state index contributed by atoms with van der Waals surface area (Å²) >= 11 is 0. The molecule has 1 aromatic heterocycles. The molecule has 2 N–H and O–H groups in total. The van der Waals surface area contributed by atoms with Gasteiger partial charge in [-0.05, 0) is 18.9 Å². The van der Waals surface area contributed by atoms with Crippen LogP contribution >= 0.6 is 0 Å². The highest BCUT2D eigenvalue weighted by Crippen LogP contribution is 2.32. The van der Waals surface area contributed by atoms with E-state index in [2.05, 4.69) is 4.98 Å². The molecule has 0 aromatic carbocycles. The van der Waals surface area contributed by atoms with E-state index in [1.54, 1.807) is 7.11 Å². The van der Waals surface area contributed by atoms with Crippen molar-refractivity contribution < 1.29 is 13.2 Å². The van der Waals surface area contributed by atoms with Crippen LogP contribution in [0.1, 0.15) is 12.8 Å². The number of methoxy groups -OCH3 is 1. The van der Waals surface area contributed by atoms with Gasteiger partial charge < -0.3 is 10.5 Å². The summed E-state index contributed by atoms with van der Waals surface area (Å²) < 4.78 is 31.4. The van der Waals surface area contributed by atoms with Crippen molar-refractivity contribution >= 4 is 15.7 Å². The molecule has 1 heterocycles. The molecule has 0 unspecified atom stereocenters. The minimum Gasteiger partial charge on any atom is -0.398 e. The minimum absolute atomic E-state index is 0.0738. The Balaban J connectivity index is 2.30. The molecule has 0 saturated heterocycles. The fourth-order valence-electron chi connectivity index (χ4n) is 1.78. The SMILES string of the molecule is COCCN(C1CC1)S(=O)(=O)c1cnccc1N. The zero-order valence-electron chi connectivity index (χ0n) is 10.2. The van der Waals surface area contributed by atoms with Crippen molar-refractivity contribution in [2.75, 3.05) is 26.0 Å². The highest BCUT2D eigenvalue weighted by Gasteiger charge is 2.38. The molecular formula is C11H17N3O3S. The molecule has 0 spiro atoms. The van der Waals surface area contributed by atoms with Gasteiger partial charge in [-0.1, -0.05) is 0 Å². The summed E-state index contributed by atoms with van der Waals surface area (Å²) in [7, 11) is -2.02. The average Bonchev–Trinajstić information content (AvgIpc) is 3.14. The lowest BCUT2D eigenvalue weighted by molar-refractivity contribution is 0.177. The molecule has 1 aliphatic rings. The van der Waals surface area contributed by atoms with Crippen LogP contribution in [0.5, 0.6) is 0 Å². The zero-order valence-corrected chi connectivity index (χ0v) is 11.1. The van der Waals surface area contributed by atoms with Crippen LogP contribution in [-0.4, -0.2) is 44.0 Å². The number of hydrogen-bond acceptors (Lipinski definition) is 5. The van der Waals surface area contributed by atoms with E-state index in [0.717, 1.165) is 12.8 Å². The second-order valence-corrected chi connectivity index (χ2v) is 6.11. The Labute approximate surface area is 107 Å². The van der Waals surface area contributed by atoms with E-state index in [0.29, 0.717) is 13.2 Å². The van der Waals surface area contributed by atoms with E-state index in [-0.39, 0.29) is 16.6 Å². The summed E-state index contributed by atoms with van der Waals surface area (Å²) in [6.45, 7) is 0.716. The monoisotopic (exact) mass is 271 g/mol. The lowest BCUT2D eigenvalue weighted by Crippen LogP contribution is -2.36. The third-order valence-corrected chi connectivity index (χ3v) is 4.87. The predicted molar refractivity (Wildman–Crippen MR) is 67.4 cm³/mol. The summed E-state index contributed by atoms with van der Waals surface area (Å²) in [5.41, 5.74) is 5.95. The number of sulfonamides is 1. The number of hydrogen-bond donors (Lipinski definition) is 1. The van der Waals surface area contributed by atoms with Crippen LogP contribution in [0.2, 0.25) is 0 Å². The molecule has 18 heavy (non-hydrogen) atoms. The summed E-state index contributed by atoms with van der Waals surface area (Å²) in [5, 5.41) is 0. The standard InChI is InChI=1S/C11H17N3O3S/c1-17-7-6-14(9-2-3-9)18(15,16)11-8-13-5-4-10(11)12/h4-5,8-9H,2-3,6-7H2,1H3,(H2,12,13). The normalized spacial score (nSPS) is 16.1. The average molecular weight is 271 g/mol. The van der Waals surface area contributed by atoms with E-state index in [4.69, 9.17) is 10.5 Å². The van der Waals surface area contributed by atoms with Gasteiger partial charge in [-0.3, -0.25) is 4.98 Å². The summed E-state index contributed by atoms with van der Waals surface area (Å²) in [4.78, 5) is 3.91. The van der Waals surface area contributed by atoms with Crippen LogP contribution in [0.3, 0.4) is 0 Å². The smallest absolute Gasteiger partial charge is 0.246 e. The maximum Gasteiger partial charge on any atom is 0.246 e. The summed E-state index contributed by atoms with van der Waals surface area (Å²) in [6, 6.07) is 1.57. The van der Waals surface area contributed by atoms with Crippen molar-refractivity contribution in [3.63, 3.8) is 0 Å². The number of nitrogen functional groups attached to an aromatic ring is 1. The first-order valence-electron chi connectivity index (χ1n) is 5.77. The fourth-order valence-corrected chi connectivity index (χ4v) is 3.51. The van der Waals surface area contributed by atoms with Crippen LogP contribution in [-0.2, 0) is 14.8 Å². The molecule has 1 fully saturated rings. The molecule has 7 heteroatoms. The molecule has 0 amide bonds. The van der Waals surface area contributed by atoms with Crippen LogP contribution < -0.4 is 5.73 Å². The van der Waals surface area contributed by atoms with Gasteiger partial charge in [0.2, 0.25) is 10.0 Å². The van der Waals surface area contributed by atoms with Crippen molar-refractivity contribution in [2.24, 2.45) is 0 Å². The Morgan fingerprint density at radius 1 is 1.56 bits per heavy atom. The van der Waals surface area contributed by atoms with Gasteiger partial charge in [0.15, 0.2) is 0 Å². The fraction of sp³-hybridized carbons (Fsp3) is 0.545. The van der Waals surface area contributed by atoms with Crippen molar-refractivity contribution in [2.45, 2.75) is 23.8 Å². The van der Waals surface area contributed by atoms with Crippen LogP contribution in [0, 0.1) is 0 Å². The Bertz CT molecular complexity index is 514. The number of aromatic nitrogens is 1.